The van der Waals surface area contributed by atoms with Gasteiger partial charge in [0, 0.05) is 36.6 Å². The first-order chi connectivity index (χ1) is 13.2. The maximum absolute atomic E-state index is 12.9. The number of anilines is 1. The van der Waals surface area contributed by atoms with Crippen LogP contribution in [0, 0.1) is 0 Å². The average molecular weight is 424 g/mol. The molecule has 1 atom stereocenters. The molecule has 1 fully saturated rings. The summed E-state index contributed by atoms with van der Waals surface area (Å²) in [5.74, 6) is -0.0653. The van der Waals surface area contributed by atoms with Crippen molar-refractivity contribution in [3.05, 3.63) is 46.4 Å². The van der Waals surface area contributed by atoms with Crippen LogP contribution in [0.2, 0.25) is 0 Å². The Kier molecular flexibility index (Phi) is 8.69. The molecule has 0 radical (unpaired) electrons. The van der Waals surface area contributed by atoms with Gasteiger partial charge in [0.05, 0.1) is 5.01 Å². The van der Waals surface area contributed by atoms with Crippen LogP contribution in [-0.2, 0) is 6.42 Å². The largest absolute Gasteiger partial charge is 0.336 e. The summed E-state index contributed by atoms with van der Waals surface area (Å²) in [5, 5.41) is 8.37. The highest BCUT2D eigenvalue weighted by molar-refractivity contribution is 7.09. The van der Waals surface area contributed by atoms with Gasteiger partial charge < -0.3 is 21.3 Å². The lowest BCUT2D eigenvalue weighted by Crippen LogP contribution is -2.50. The second-order valence-electron chi connectivity index (χ2n) is 6.51. The molecule has 2 heterocycles. The van der Waals surface area contributed by atoms with Gasteiger partial charge in [-0.25, -0.2) is 9.78 Å². The monoisotopic (exact) mass is 423 g/mol. The number of likely N-dealkylation sites (tertiary alicyclic amines) is 1. The number of piperidine rings is 1. The molecule has 3 amide bonds. The van der Waals surface area contributed by atoms with E-state index in [1.807, 2.05) is 35.2 Å². The van der Waals surface area contributed by atoms with Gasteiger partial charge in [-0.05, 0) is 37.9 Å². The Morgan fingerprint density at radius 2 is 2.04 bits per heavy atom. The summed E-state index contributed by atoms with van der Waals surface area (Å²) in [6, 6.07) is 9.00. The van der Waals surface area contributed by atoms with Crippen molar-refractivity contribution in [2.75, 3.05) is 25.0 Å². The minimum absolute atomic E-state index is 0. The lowest BCUT2D eigenvalue weighted by atomic mass is 10.0. The first-order valence-electron chi connectivity index (χ1n) is 9.22. The number of carbonyl (C=O) groups excluding carboxylic acids is 2. The Morgan fingerprint density at radius 3 is 2.79 bits per heavy atom. The fourth-order valence-corrected chi connectivity index (χ4v) is 3.97. The molecule has 1 aromatic carbocycles. The Morgan fingerprint density at radius 1 is 1.25 bits per heavy atom. The van der Waals surface area contributed by atoms with Crippen LogP contribution >= 0.6 is 23.7 Å². The number of benzene rings is 1. The van der Waals surface area contributed by atoms with Crippen LogP contribution < -0.4 is 16.4 Å². The summed E-state index contributed by atoms with van der Waals surface area (Å²) in [5.41, 5.74) is 6.77. The highest BCUT2D eigenvalue weighted by atomic mass is 35.5. The van der Waals surface area contributed by atoms with Crippen molar-refractivity contribution >= 4 is 41.4 Å². The number of urea groups is 1. The predicted octanol–water partition coefficient (Wildman–Crippen LogP) is 2.88. The number of nitrogens with one attached hydrogen (secondary N) is 2. The zero-order chi connectivity index (χ0) is 19.1. The molecule has 0 saturated carbocycles. The second kappa shape index (κ2) is 11.0. The molecule has 4 N–H and O–H groups in total. The van der Waals surface area contributed by atoms with Gasteiger partial charge in [0.15, 0.2) is 0 Å². The molecule has 0 aliphatic carbocycles. The number of nitrogens with two attached hydrogens (primary N) is 1. The van der Waals surface area contributed by atoms with Crippen LogP contribution in [0.1, 0.15) is 34.8 Å². The Labute approximate surface area is 175 Å². The highest BCUT2D eigenvalue weighted by Crippen LogP contribution is 2.20. The zero-order valence-corrected chi connectivity index (χ0v) is 17.2. The SMILES string of the molecule is Cl.NCCc1nc(C(=O)N2CCCCC2CNC(=O)Nc2ccccc2)cs1. The van der Waals surface area contributed by atoms with Gasteiger partial charge >= 0.3 is 6.03 Å². The van der Waals surface area contributed by atoms with Crippen LogP contribution in [-0.4, -0.2) is 47.5 Å². The molecule has 7 nitrogen and oxygen atoms in total. The van der Waals surface area contributed by atoms with Crippen LogP contribution in [0.4, 0.5) is 10.5 Å². The summed E-state index contributed by atoms with van der Waals surface area (Å²) in [6.45, 7) is 1.63. The predicted molar refractivity (Wildman–Crippen MR) is 114 cm³/mol. The Bertz CT molecular complexity index is 771. The van der Waals surface area contributed by atoms with Crippen molar-refractivity contribution in [3.63, 3.8) is 0 Å². The number of aromatic nitrogens is 1. The quantitative estimate of drug-likeness (QED) is 0.664. The molecular weight excluding hydrogens is 398 g/mol. The van der Waals surface area contributed by atoms with E-state index in [1.54, 1.807) is 5.38 Å². The van der Waals surface area contributed by atoms with Crippen molar-refractivity contribution < 1.29 is 9.59 Å². The summed E-state index contributed by atoms with van der Waals surface area (Å²) in [6.07, 6.45) is 3.57. The molecule has 0 bridgehead atoms. The summed E-state index contributed by atoms with van der Waals surface area (Å²) < 4.78 is 0. The van der Waals surface area contributed by atoms with Crippen molar-refractivity contribution in [3.8, 4) is 0 Å². The molecule has 3 rings (SSSR count). The molecule has 152 valence electrons. The van der Waals surface area contributed by atoms with Crippen molar-refractivity contribution in [2.24, 2.45) is 5.73 Å². The first-order valence-corrected chi connectivity index (χ1v) is 10.1. The molecule has 1 aliphatic heterocycles. The van der Waals surface area contributed by atoms with E-state index in [0.29, 0.717) is 31.7 Å². The summed E-state index contributed by atoms with van der Waals surface area (Å²) in [7, 11) is 0. The van der Waals surface area contributed by atoms with E-state index in [0.717, 1.165) is 30.0 Å². The zero-order valence-electron chi connectivity index (χ0n) is 15.6. The van der Waals surface area contributed by atoms with Crippen molar-refractivity contribution in [2.45, 2.75) is 31.7 Å². The highest BCUT2D eigenvalue weighted by Gasteiger charge is 2.29. The van der Waals surface area contributed by atoms with E-state index in [1.165, 1.54) is 11.3 Å². The van der Waals surface area contributed by atoms with E-state index >= 15 is 0 Å². The van der Waals surface area contributed by atoms with E-state index in [2.05, 4.69) is 15.6 Å². The first kappa shape index (κ1) is 22.1. The molecule has 1 unspecified atom stereocenters. The number of carbonyl (C=O) groups is 2. The normalized spacial score (nSPS) is 16.2. The second-order valence-corrected chi connectivity index (χ2v) is 7.46. The van der Waals surface area contributed by atoms with Gasteiger partial charge in [-0.1, -0.05) is 18.2 Å². The molecule has 0 spiro atoms. The Hall–Kier alpha value is -2.16. The molecule has 9 heteroatoms. The molecule has 1 aromatic heterocycles. The third kappa shape index (κ3) is 5.92. The smallest absolute Gasteiger partial charge is 0.319 e. The average Bonchev–Trinajstić information content (AvgIpc) is 3.16. The van der Waals surface area contributed by atoms with Gasteiger partial charge in [0.1, 0.15) is 5.69 Å². The number of para-hydroxylation sites is 1. The lowest BCUT2D eigenvalue weighted by Gasteiger charge is -2.35. The van der Waals surface area contributed by atoms with E-state index in [4.69, 9.17) is 5.73 Å². The van der Waals surface area contributed by atoms with Gasteiger partial charge in [0.2, 0.25) is 0 Å². The van der Waals surface area contributed by atoms with Crippen LogP contribution in [0.25, 0.3) is 0 Å². The number of nitrogens with zero attached hydrogens (tertiary/aromatic N) is 2. The standard InChI is InChI=1S/C19H25N5O2S.ClH/c20-10-9-17-23-16(13-27-17)18(25)24-11-5-4-8-15(24)12-21-19(26)22-14-6-2-1-3-7-14;/h1-3,6-7,13,15H,4-5,8-12,20H2,(H2,21,22,26);1H. The van der Waals surface area contributed by atoms with Gasteiger partial charge in [-0.15, -0.1) is 23.7 Å². The minimum atomic E-state index is -0.266. The summed E-state index contributed by atoms with van der Waals surface area (Å²) >= 11 is 1.47. The van der Waals surface area contributed by atoms with Crippen LogP contribution in [0.15, 0.2) is 35.7 Å². The maximum Gasteiger partial charge on any atom is 0.319 e. The van der Waals surface area contributed by atoms with Crippen LogP contribution in [0.3, 0.4) is 0 Å². The number of hydrogen-bond donors (Lipinski definition) is 3. The van der Waals surface area contributed by atoms with E-state index in [9.17, 15) is 9.59 Å². The number of hydrogen-bond acceptors (Lipinski definition) is 5. The molecule has 28 heavy (non-hydrogen) atoms. The van der Waals surface area contributed by atoms with E-state index in [-0.39, 0.29) is 30.4 Å². The van der Waals surface area contributed by atoms with Crippen molar-refractivity contribution in [1.82, 2.24) is 15.2 Å². The van der Waals surface area contributed by atoms with Crippen LogP contribution in [0.5, 0.6) is 0 Å². The molecular formula is C19H26ClN5O2S. The van der Waals surface area contributed by atoms with Gasteiger partial charge in [-0.3, -0.25) is 4.79 Å². The molecule has 1 saturated heterocycles. The van der Waals surface area contributed by atoms with Gasteiger partial charge in [-0.2, -0.15) is 0 Å². The number of halogens is 1. The number of thiazole rings is 1. The van der Waals surface area contributed by atoms with Crippen molar-refractivity contribution in [1.29, 1.82) is 0 Å². The number of rotatable bonds is 6. The number of amides is 3. The third-order valence-electron chi connectivity index (χ3n) is 4.55. The molecule has 1 aliphatic rings. The summed E-state index contributed by atoms with van der Waals surface area (Å²) in [4.78, 5) is 31.3. The third-order valence-corrected chi connectivity index (χ3v) is 5.46. The topological polar surface area (TPSA) is 100 Å². The minimum Gasteiger partial charge on any atom is -0.336 e. The lowest BCUT2D eigenvalue weighted by molar-refractivity contribution is 0.0610. The van der Waals surface area contributed by atoms with Gasteiger partial charge in [0.25, 0.3) is 5.91 Å². The van der Waals surface area contributed by atoms with E-state index < -0.39 is 0 Å². The fraction of sp³-hybridized carbons (Fsp3) is 0.421. The maximum atomic E-state index is 12.9. The fourth-order valence-electron chi connectivity index (χ4n) is 3.18. The molecule has 2 aromatic rings. The Balaban J connectivity index is 0.00000280.